The molecule has 2 N–H and O–H groups in total. The number of carbonyl (C=O) groups excluding carboxylic acids is 1. The lowest BCUT2D eigenvalue weighted by molar-refractivity contribution is -0.116. The molecule has 1 saturated heterocycles. The summed E-state index contributed by atoms with van der Waals surface area (Å²) in [5.41, 5.74) is 2.43. The van der Waals surface area contributed by atoms with Gasteiger partial charge < -0.3 is 20.1 Å². The van der Waals surface area contributed by atoms with E-state index < -0.39 is 0 Å². The average molecular weight is 453 g/mol. The van der Waals surface area contributed by atoms with Crippen LogP contribution >= 0.6 is 23.4 Å². The fourth-order valence-corrected chi connectivity index (χ4v) is 4.20. The van der Waals surface area contributed by atoms with Crippen LogP contribution in [0.15, 0.2) is 77.7 Å². The second-order valence-corrected chi connectivity index (χ2v) is 8.40. The van der Waals surface area contributed by atoms with E-state index in [0.717, 1.165) is 16.9 Å². The summed E-state index contributed by atoms with van der Waals surface area (Å²) >= 11 is 7.49. The van der Waals surface area contributed by atoms with E-state index in [-0.39, 0.29) is 11.4 Å². The van der Waals surface area contributed by atoms with Crippen LogP contribution in [0.3, 0.4) is 0 Å². The molecule has 1 amide bonds. The fraction of sp³-hybridized carbons (Fsp3) is 0.125. The van der Waals surface area contributed by atoms with E-state index in [1.165, 1.54) is 11.8 Å². The monoisotopic (exact) mass is 452 g/mol. The molecule has 0 bridgehead atoms. The lowest BCUT2D eigenvalue weighted by Crippen LogP contribution is -2.31. The maximum Gasteiger partial charge on any atom is 0.260 e. The summed E-state index contributed by atoms with van der Waals surface area (Å²) in [6.45, 7) is 0.514. The van der Waals surface area contributed by atoms with Crippen LogP contribution in [0, 0.1) is 0 Å². The van der Waals surface area contributed by atoms with E-state index in [1.807, 2.05) is 60.7 Å². The molecule has 3 aromatic rings. The van der Waals surface area contributed by atoms with Crippen molar-refractivity contribution in [2.75, 3.05) is 12.4 Å². The highest BCUT2D eigenvalue weighted by molar-refractivity contribution is 8.05. The molecular formula is C24H21ClN2O3S. The molecule has 1 heterocycles. The van der Waals surface area contributed by atoms with Crippen LogP contribution in [0.2, 0.25) is 5.02 Å². The largest absolute Gasteiger partial charge is 0.495 e. The second-order valence-electron chi connectivity index (χ2n) is 6.81. The Morgan fingerprint density at radius 1 is 1.10 bits per heavy atom. The van der Waals surface area contributed by atoms with Crippen molar-refractivity contribution in [3.63, 3.8) is 0 Å². The van der Waals surface area contributed by atoms with Gasteiger partial charge in [0.15, 0.2) is 5.50 Å². The number of halogens is 1. The maximum absolute atomic E-state index is 12.4. The Morgan fingerprint density at radius 2 is 1.87 bits per heavy atom. The van der Waals surface area contributed by atoms with Gasteiger partial charge in [-0.2, -0.15) is 0 Å². The van der Waals surface area contributed by atoms with Crippen LogP contribution < -0.4 is 20.1 Å². The molecule has 0 aliphatic carbocycles. The van der Waals surface area contributed by atoms with Crippen molar-refractivity contribution in [1.29, 1.82) is 0 Å². The van der Waals surface area contributed by atoms with E-state index in [4.69, 9.17) is 21.1 Å². The van der Waals surface area contributed by atoms with Crippen molar-refractivity contribution >= 4 is 41.0 Å². The van der Waals surface area contributed by atoms with Gasteiger partial charge in [0.1, 0.15) is 18.1 Å². The number of ether oxygens (including phenoxy) is 2. The quantitative estimate of drug-likeness (QED) is 0.462. The molecule has 5 nitrogen and oxygen atoms in total. The molecule has 1 fully saturated rings. The molecule has 0 aromatic heterocycles. The maximum atomic E-state index is 12.4. The summed E-state index contributed by atoms with van der Waals surface area (Å²) < 4.78 is 11.2. The normalized spacial score (nSPS) is 16.8. The highest BCUT2D eigenvalue weighted by Crippen LogP contribution is 2.34. The first-order valence-corrected chi connectivity index (χ1v) is 10.9. The van der Waals surface area contributed by atoms with Crippen molar-refractivity contribution in [3.05, 3.63) is 93.9 Å². The van der Waals surface area contributed by atoms with Gasteiger partial charge in [-0.05, 0) is 47.5 Å². The Bertz CT molecular complexity index is 1090. The van der Waals surface area contributed by atoms with Gasteiger partial charge in [-0.25, -0.2) is 0 Å². The molecule has 1 unspecified atom stereocenters. The van der Waals surface area contributed by atoms with Gasteiger partial charge in [0.2, 0.25) is 0 Å². The number of nitrogens with one attached hydrogen (secondary N) is 2. The van der Waals surface area contributed by atoms with Gasteiger partial charge in [0, 0.05) is 5.02 Å². The fourth-order valence-electron chi connectivity index (χ4n) is 3.05. The van der Waals surface area contributed by atoms with Crippen LogP contribution in [-0.2, 0) is 11.4 Å². The summed E-state index contributed by atoms with van der Waals surface area (Å²) in [5, 5.41) is 6.75. The molecule has 4 rings (SSSR count). The number of amides is 1. The third-order valence-corrected chi connectivity index (χ3v) is 5.87. The minimum atomic E-state index is -0.320. The van der Waals surface area contributed by atoms with E-state index >= 15 is 0 Å². The molecule has 0 radical (unpaired) electrons. The molecule has 7 heteroatoms. The number of carbonyl (C=O) groups is 1. The van der Waals surface area contributed by atoms with Crippen molar-refractivity contribution < 1.29 is 14.3 Å². The van der Waals surface area contributed by atoms with Gasteiger partial charge in [-0.15, -0.1) is 0 Å². The molecule has 3 aromatic carbocycles. The highest BCUT2D eigenvalue weighted by atomic mass is 35.5. The van der Waals surface area contributed by atoms with Crippen molar-refractivity contribution in [1.82, 2.24) is 5.32 Å². The van der Waals surface area contributed by atoms with Crippen molar-refractivity contribution in [2.45, 2.75) is 12.1 Å². The Kier molecular flexibility index (Phi) is 6.70. The van der Waals surface area contributed by atoms with Crippen molar-refractivity contribution in [3.8, 4) is 11.5 Å². The zero-order valence-corrected chi connectivity index (χ0v) is 18.4. The average Bonchev–Trinajstić information content (AvgIpc) is 3.12. The lowest BCUT2D eigenvalue weighted by atomic mass is 10.2. The summed E-state index contributed by atoms with van der Waals surface area (Å²) in [7, 11) is 1.59. The Balaban J connectivity index is 1.39. The zero-order valence-electron chi connectivity index (χ0n) is 16.8. The van der Waals surface area contributed by atoms with Crippen LogP contribution in [0.25, 0.3) is 6.08 Å². The molecule has 31 heavy (non-hydrogen) atoms. The molecule has 1 atom stereocenters. The van der Waals surface area contributed by atoms with Crippen LogP contribution in [-0.4, -0.2) is 18.5 Å². The standard InChI is InChI=1S/C24H21ClN2O3S/c1-29-21-12-9-18(25)14-20(21)26-24-27-23(28)22(31-24)13-16-7-10-19(11-8-16)30-15-17-5-3-2-4-6-17/h2-14,24,26H,15H2,1H3,(H,27,28)/b22-13-. The predicted molar refractivity (Wildman–Crippen MR) is 126 cm³/mol. The van der Waals surface area contributed by atoms with Gasteiger partial charge >= 0.3 is 0 Å². The minimum absolute atomic E-state index is 0.132. The number of benzene rings is 3. The van der Waals surface area contributed by atoms with Gasteiger partial charge in [0.25, 0.3) is 5.91 Å². The number of hydrogen-bond acceptors (Lipinski definition) is 5. The lowest BCUT2D eigenvalue weighted by Gasteiger charge is -2.15. The summed E-state index contributed by atoms with van der Waals surface area (Å²) in [5.74, 6) is 1.30. The van der Waals surface area contributed by atoms with Crippen LogP contribution in [0.5, 0.6) is 11.5 Å². The van der Waals surface area contributed by atoms with Crippen molar-refractivity contribution in [2.24, 2.45) is 0 Å². The van der Waals surface area contributed by atoms with Gasteiger partial charge in [-0.1, -0.05) is 65.8 Å². The Labute approximate surface area is 190 Å². The van der Waals surface area contributed by atoms with E-state index in [1.54, 1.807) is 25.3 Å². The SMILES string of the molecule is COc1ccc(Cl)cc1NC1NC(=O)/C(=C/c2ccc(OCc3ccccc3)cc2)S1. The van der Waals surface area contributed by atoms with Gasteiger partial charge in [-0.3, -0.25) is 4.79 Å². The van der Waals surface area contributed by atoms with Gasteiger partial charge in [0.05, 0.1) is 17.7 Å². The predicted octanol–water partition coefficient (Wildman–Crippen LogP) is 5.53. The molecule has 158 valence electrons. The van der Waals surface area contributed by atoms with E-state index in [9.17, 15) is 4.79 Å². The smallest absolute Gasteiger partial charge is 0.260 e. The van der Waals surface area contributed by atoms with Crippen LogP contribution in [0.1, 0.15) is 11.1 Å². The molecule has 0 saturated carbocycles. The number of anilines is 1. The summed E-state index contributed by atoms with van der Waals surface area (Å²) in [4.78, 5) is 13.0. The first kappa shape index (κ1) is 21.2. The molecular weight excluding hydrogens is 432 g/mol. The Morgan fingerprint density at radius 3 is 2.61 bits per heavy atom. The number of thioether (sulfide) groups is 1. The highest BCUT2D eigenvalue weighted by Gasteiger charge is 2.27. The Hall–Kier alpha value is -3.09. The van der Waals surface area contributed by atoms with E-state index in [2.05, 4.69) is 10.6 Å². The minimum Gasteiger partial charge on any atom is -0.495 e. The summed E-state index contributed by atoms with van der Waals surface area (Å²) in [6.07, 6.45) is 1.86. The van der Waals surface area contributed by atoms with E-state index in [0.29, 0.717) is 28.0 Å². The third-order valence-electron chi connectivity index (χ3n) is 4.61. The molecule has 1 aliphatic rings. The number of methoxy groups -OCH3 is 1. The first-order chi connectivity index (χ1) is 15.1. The molecule has 0 spiro atoms. The zero-order chi connectivity index (χ0) is 21.6. The van der Waals surface area contributed by atoms with Crippen LogP contribution in [0.4, 0.5) is 5.69 Å². The first-order valence-electron chi connectivity index (χ1n) is 9.67. The second kappa shape index (κ2) is 9.81. The number of rotatable bonds is 7. The summed E-state index contributed by atoms with van der Waals surface area (Å²) in [6, 6.07) is 23.0. The molecule has 1 aliphatic heterocycles. The third kappa shape index (κ3) is 5.54. The number of hydrogen-bond donors (Lipinski definition) is 2. The topological polar surface area (TPSA) is 59.6 Å².